The van der Waals surface area contributed by atoms with E-state index in [4.69, 9.17) is 4.74 Å². The number of pyridine rings is 1. The molecular weight excluding hydrogens is 328 g/mol. The van der Waals surface area contributed by atoms with Crippen LogP contribution in [0.4, 0.5) is 5.69 Å². The predicted octanol–water partition coefficient (Wildman–Crippen LogP) is 4.62. The number of nitrogens with one attached hydrogen (secondary N) is 1. The molecule has 0 radical (unpaired) electrons. The van der Waals surface area contributed by atoms with Crippen molar-refractivity contribution in [1.82, 2.24) is 4.98 Å². The van der Waals surface area contributed by atoms with Crippen LogP contribution in [-0.2, 0) is 6.54 Å². The Hall–Kier alpha value is -2.07. The van der Waals surface area contributed by atoms with Crippen LogP contribution in [0.5, 0.6) is 5.75 Å². The van der Waals surface area contributed by atoms with Crippen molar-refractivity contribution in [2.75, 3.05) is 12.4 Å². The normalized spacial score (nSPS) is 10.6. The van der Waals surface area contributed by atoms with Gasteiger partial charge in [0.2, 0.25) is 0 Å². The summed E-state index contributed by atoms with van der Waals surface area (Å²) in [6.07, 6.45) is 3.80. The van der Waals surface area contributed by atoms with Gasteiger partial charge in [0.25, 0.3) is 0 Å². The Morgan fingerprint density at radius 1 is 1.14 bits per heavy atom. The lowest BCUT2D eigenvalue weighted by atomic mass is 10.1. The van der Waals surface area contributed by atoms with Gasteiger partial charge in [0.15, 0.2) is 0 Å². The maximum Gasteiger partial charge on any atom is 0.122 e. The summed E-state index contributed by atoms with van der Waals surface area (Å²) < 4.78 is 6.26. The van der Waals surface area contributed by atoms with E-state index in [0.29, 0.717) is 6.54 Å². The van der Waals surface area contributed by atoms with E-state index in [1.54, 1.807) is 7.11 Å². The Morgan fingerprint density at radius 2 is 2.00 bits per heavy atom. The standard InChI is InChI=1S/C17H15BrN2O/c1-21-16-7-14(18)6-15(8-16)20-11-13-10-19-9-12-4-2-3-5-17(12)13/h2-10,20H,11H2,1H3. The van der Waals surface area contributed by atoms with Gasteiger partial charge in [-0.25, -0.2) is 0 Å². The summed E-state index contributed by atoms with van der Waals surface area (Å²) in [5.41, 5.74) is 2.18. The average Bonchev–Trinajstić information content (AvgIpc) is 2.52. The third-order valence-corrected chi connectivity index (χ3v) is 3.80. The molecule has 0 bridgehead atoms. The maximum absolute atomic E-state index is 5.28. The van der Waals surface area contributed by atoms with E-state index in [9.17, 15) is 0 Å². The molecule has 1 N–H and O–H groups in total. The predicted molar refractivity (Wildman–Crippen MR) is 89.8 cm³/mol. The molecule has 21 heavy (non-hydrogen) atoms. The second kappa shape index (κ2) is 6.14. The first-order chi connectivity index (χ1) is 10.3. The lowest BCUT2D eigenvalue weighted by Crippen LogP contribution is -2.01. The molecule has 4 heteroatoms. The molecule has 0 unspecified atom stereocenters. The first-order valence-electron chi connectivity index (χ1n) is 6.66. The first-order valence-corrected chi connectivity index (χ1v) is 7.45. The summed E-state index contributed by atoms with van der Waals surface area (Å²) in [6, 6.07) is 14.2. The molecule has 0 saturated heterocycles. The summed E-state index contributed by atoms with van der Waals surface area (Å²) in [5.74, 6) is 0.822. The van der Waals surface area contributed by atoms with Crippen molar-refractivity contribution < 1.29 is 4.74 Å². The molecule has 0 spiro atoms. The second-order valence-electron chi connectivity index (χ2n) is 4.75. The molecule has 106 valence electrons. The van der Waals surface area contributed by atoms with Gasteiger partial charge in [-0.15, -0.1) is 0 Å². The number of aromatic nitrogens is 1. The Labute approximate surface area is 132 Å². The smallest absolute Gasteiger partial charge is 0.122 e. The van der Waals surface area contributed by atoms with E-state index in [2.05, 4.69) is 38.4 Å². The molecular formula is C17H15BrN2O. The van der Waals surface area contributed by atoms with Gasteiger partial charge in [0.05, 0.1) is 7.11 Å². The highest BCUT2D eigenvalue weighted by Crippen LogP contribution is 2.25. The fourth-order valence-corrected chi connectivity index (χ4v) is 2.77. The number of halogens is 1. The van der Waals surface area contributed by atoms with Gasteiger partial charge in [-0.05, 0) is 23.1 Å². The lowest BCUT2D eigenvalue weighted by molar-refractivity contribution is 0.414. The van der Waals surface area contributed by atoms with E-state index >= 15 is 0 Å². The number of ether oxygens (including phenoxy) is 1. The molecule has 0 saturated carbocycles. The third-order valence-electron chi connectivity index (χ3n) is 3.34. The maximum atomic E-state index is 5.28. The van der Waals surface area contributed by atoms with Crippen molar-refractivity contribution in [2.24, 2.45) is 0 Å². The van der Waals surface area contributed by atoms with E-state index < -0.39 is 0 Å². The molecule has 3 aromatic rings. The van der Waals surface area contributed by atoms with Crippen molar-refractivity contribution >= 4 is 32.4 Å². The summed E-state index contributed by atoms with van der Waals surface area (Å²) in [4.78, 5) is 4.30. The average molecular weight is 343 g/mol. The molecule has 0 atom stereocenters. The molecule has 0 aliphatic rings. The summed E-state index contributed by atoms with van der Waals surface area (Å²) in [5, 5.41) is 5.80. The van der Waals surface area contributed by atoms with Gasteiger partial charge in [-0.1, -0.05) is 40.2 Å². The number of rotatable bonds is 4. The van der Waals surface area contributed by atoms with Crippen LogP contribution in [-0.4, -0.2) is 12.1 Å². The van der Waals surface area contributed by atoms with Crippen molar-refractivity contribution in [1.29, 1.82) is 0 Å². The first kappa shape index (κ1) is 13.9. The highest BCUT2D eigenvalue weighted by Gasteiger charge is 2.03. The van der Waals surface area contributed by atoms with Crippen LogP contribution in [0.2, 0.25) is 0 Å². The van der Waals surface area contributed by atoms with Crippen molar-refractivity contribution in [2.45, 2.75) is 6.54 Å². The molecule has 3 nitrogen and oxygen atoms in total. The van der Waals surface area contributed by atoms with E-state index in [-0.39, 0.29) is 0 Å². The minimum absolute atomic E-state index is 0.716. The zero-order valence-electron chi connectivity index (χ0n) is 11.6. The molecule has 0 aliphatic heterocycles. The van der Waals surface area contributed by atoms with Gasteiger partial charge >= 0.3 is 0 Å². The molecule has 0 amide bonds. The molecule has 0 aliphatic carbocycles. The molecule has 0 fully saturated rings. The lowest BCUT2D eigenvalue weighted by Gasteiger charge is -2.10. The highest BCUT2D eigenvalue weighted by atomic mass is 79.9. The summed E-state index contributed by atoms with van der Waals surface area (Å²) >= 11 is 3.49. The number of fused-ring (bicyclic) bond motifs is 1. The minimum Gasteiger partial charge on any atom is -0.497 e. The van der Waals surface area contributed by atoms with Crippen LogP contribution in [0, 0.1) is 0 Å². The van der Waals surface area contributed by atoms with Crippen molar-refractivity contribution in [3.63, 3.8) is 0 Å². The van der Waals surface area contributed by atoms with Crippen LogP contribution in [0.3, 0.4) is 0 Å². The third kappa shape index (κ3) is 3.16. The molecule has 1 aromatic heterocycles. The number of methoxy groups -OCH3 is 1. The van der Waals surface area contributed by atoms with Crippen LogP contribution in [0.15, 0.2) is 59.3 Å². The van der Waals surface area contributed by atoms with Crippen LogP contribution in [0.25, 0.3) is 10.8 Å². The SMILES string of the molecule is COc1cc(Br)cc(NCc2cncc3ccccc23)c1. The molecule has 1 heterocycles. The Kier molecular flexibility index (Phi) is 4.06. The van der Waals surface area contributed by atoms with Crippen molar-refractivity contribution in [3.8, 4) is 5.75 Å². The topological polar surface area (TPSA) is 34.1 Å². The van der Waals surface area contributed by atoms with E-state index in [0.717, 1.165) is 21.3 Å². The number of nitrogens with zero attached hydrogens (tertiary/aromatic N) is 1. The number of benzene rings is 2. The van der Waals surface area contributed by atoms with Crippen LogP contribution in [0.1, 0.15) is 5.56 Å². The van der Waals surface area contributed by atoms with Gasteiger partial charge in [-0.3, -0.25) is 4.98 Å². The van der Waals surface area contributed by atoms with Crippen LogP contribution < -0.4 is 10.1 Å². The summed E-state index contributed by atoms with van der Waals surface area (Å²) in [7, 11) is 1.67. The highest BCUT2D eigenvalue weighted by molar-refractivity contribution is 9.10. The minimum atomic E-state index is 0.716. The zero-order valence-corrected chi connectivity index (χ0v) is 13.2. The number of hydrogen-bond donors (Lipinski definition) is 1. The van der Waals surface area contributed by atoms with Crippen molar-refractivity contribution in [3.05, 3.63) is 64.9 Å². The van der Waals surface area contributed by atoms with Gasteiger partial charge < -0.3 is 10.1 Å². The largest absolute Gasteiger partial charge is 0.497 e. The second-order valence-corrected chi connectivity index (χ2v) is 5.67. The van der Waals surface area contributed by atoms with E-state index in [1.807, 2.05) is 42.7 Å². The zero-order chi connectivity index (χ0) is 14.7. The summed E-state index contributed by atoms with van der Waals surface area (Å²) in [6.45, 7) is 0.716. The van der Waals surface area contributed by atoms with E-state index in [1.165, 1.54) is 10.9 Å². The number of hydrogen-bond acceptors (Lipinski definition) is 3. The molecule has 2 aromatic carbocycles. The fraction of sp³-hybridized carbons (Fsp3) is 0.118. The fourth-order valence-electron chi connectivity index (χ4n) is 2.30. The monoisotopic (exact) mass is 342 g/mol. The molecule has 3 rings (SSSR count). The Balaban J connectivity index is 1.85. The van der Waals surface area contributed by atoms with Gasteiger partial charge in [0, 0.05) is 40.6 Å². The van der Waals surface area contributed by atoms with Crippen LogP contribution >= 0.6 is 15.9 Å². The van der Waals surface area contributed by atoms with Gasteiger partial charge in [-0.2, -0.15) is 0 Å². The Bertz CT molecular complexity index is 768. The van der Waals surface area contributed by atoms with Gasteiger partial charge in [0.1, 0.15) is 5.75 Å². The quantitative estimate of drug-likeness (QED) is 0.751. The Morgan fingerprint density at radius 3 is 2.86 bits per heavy atom. The number of anilines is 1.